The maximum atomic E-state index is 12.4. The van der Waals surface area contributed by atoms with Crippen LogP contribution >= 0.6 is 22.9 Å². The number of oxime groups is 1. The fourth-order valence-electron chi connectivity index (χ4n) is 2.32. The van der Waals surface area contributed by atoms with Crippen LogP contribution in [-0.4, -0.2) is 71.2 Å². The van der Waals surface area contributed by atoms with Crippen molar-refractivity contribution in [1.82, 2.24) is 10.3 Å². The van der Waals surface area contributed by atoms with Gasteiger partial charge in [0.2, 0.25) is 5.91 Å². The van der Waals surface area contributed by atoms with Crippen molar-refractivity contribution in [3.63, 3.8) is 0 Å². The van der Waals surface area contributed by atoms with E-state index in [-0.39, 0.29) is 52.0 Å². The zero-order valence-corrected chi connectivity index (χ0v) is 19.4. The molecular weight excluding hydrogens is 449 g/mol. The number of thiazole rings is 1. The molecule has 0 aromatic carbocycles. The summed E-state index contributed by atoms with van der Waals surface area (Å²) in [6, 6.07) is -2.04. The summed E-state index contributed by atoms with van der Waals surface area (Å²) in [5.41, 5.74) is -0.177. The number of hydrogen-bond acceptors (Lipinski definition) is 10. The predicted molar refractivity (Wildman–Crippen MR) is 94.6 cm³/mol. The van der Waals surface area contributed by atoms with Crippen LogP contribution in [0, 0.1) is 5.21 Å². The van der Waals surface area contributed by atoms with Crippen LogP contribution < -0.4 is 40.2 Å². The van der Waals surface area contributed by atoms with Gasteiger partial charge in [-0.2, -0.15) is 8.42 Å². The van der Waals surface area contributed by atoms with Gasteiger partial charge < -0.3 is 25.2 Å². The second-order valence-electron chi connectivity index (χ2n) is 5.50. The first-order valence-electron chi connectivity index (χ1n) is 7.32. The zero-order valence-electron chi connectivity index (χ0n) is 15.0. The Bertz CT molecular complexity index is 879. The molecule has 12 nitrogen and oxygen atoms in total. The Morgan fingerprint density at radius 1 is 1.54 bits per heavy atom. The van der Waals surface area contributed by atoms with Crippen molar-refractivity contribution in [3.8, 4) is 0 Å². The number of rotatable bonds is 7. The third-order valence-corrected chi connectivity index (χ3v) is 6.10. The molecule has 1 aliphatic rings. The van der Waals surface area contributed by atoms with Crippen LogP contribution in [0.15, 0.2) is 10.5 Å². The number of anilines is 1. The summed E-state index contributed by atoms with van der Waals surface area (Å²) < 4.78 is 31.2. The summed E-state index contributed by atoms with van der Waals surface area (Å²) in [7, 11) is -3.91. The molecule has 3 unspecified atom stereocenters. The summed E-state index contributed by atoms with van der Waals surface area (Å²) in [4.78, 5) is 32.3. The number of carbonyl (C=O) groups is 2. The Balaban J connectivity index is 0.00000392. The van der Waals surface area contributed by atoms with E-state index in [4.69, 9.17) is 11.6 Å². The van der Waals surface area contributed by atoms with Crippen LogP contribution in [0.2, 0.25) is 0 Å². The maximum absolute atomic E-state index is 12.4. The first-order chi connectivity index (χ1) is 12.5. The van der Waals surface area contributed by atoms with Crippen LogP contribution in [0.5, 0.6) is 0 Å². The Kier molecular flexibility index (Phi) is 8.80. The smallest absolute Gasteiger partial charge is 0.701 e. The van der Waals surface area contributed by atoms with Gasteiger partial charge in [0.25, 0.3) is 16.2 Å². The number of amides is 2. The van der Waals surface area contributed by atoms with Crippen LogP contribution in [0.1, 0.15) is 12.6 Å². The van der Waals surface area contributed by atoms with Crippen LogP contribution in [0.3, 0.4) is 0 Å². The first-order valence-corrected chi connectivity index (χ1v) is 10.1. The molecule has 150 valence electrons. The molecule has 2 heterocycles. The first kappa shape index (κ1) is 25.2. The summed E-state index contributed by atoms with van der Waals surface area (Å²) in [5, 5.41) is 22.0. The minimum atomic E-state index is -5.11. The molecule has 2 rings (SSSR count). The molecular formula is C12H15ClN5NaO7S2. The quantitative estimate of drug-likeness (QED) is 0.0791. The number of nitrogens with one attached hydrogen (secondary N) is 2. The van der Waals surface area contributed by atoms with Gasteiger partial charge in [-0.3, -0.25) is 13.6 Å². The second-order valence-corrected chi connectivity index (χ2v) is 8.10. The van der Waals surface area contributed by atoms with Crippen LogP contribution in [-0.2, 0) is 24.7 Å². The van der Waals surface area contributed by atoms with Gasteiger partial charge in [0.1, 0.15) is 37.3 Å². The van der Waals surface area contributed by atoms with Gasteiger partial charge in [-0.1, -0.05) is 5.16 Å². The van der Waals surface area contributed by atoms with Gasteiger partial charge in [-0.25, -0.2) is 4.98 Å². The van der Waals surface area contributed by atoms with Crippen molar-refractivity contribution in [2.75, 3.05) is 24.9 Å². The average molecular weight is 464 g/mol. The van der Waals surface area contributed by atoms with Crippen LogP contribution in [0.25, 0.3) is 0 Å². The molecule has 0 bridgehead atoms. The van der Waals surface area contributed by atoms with Gasteiger partial charge in [-0.05, 0) is 6.92 Å². The maximum Gasteiger partial charge on any atom is 1.00 e. The zero-order chi connectivity index (χ0) is 20.4. The predicted octanol–water partition coefficient (Wildman–Crippen LogP) is -3.66. The molecule has 16 heteroatoms. The Labute approximate surface area is 191 Å². The van der Waals surface area contributed by atoms with Gasteiger partial charge in [0.05, 0.1) is 0 Å². The Hall–Kier alpha value is -0.840. The van der Waals surface area contributed by atoms with E-state index in [1.807, 2.05) is 0 Å². The van der Waals surface area contributed by atoms with E-state index in [0.717, 1.165) is 11.3 Å². The normalized spacial score (nSPS) is 24.5. The molecule has 2 N–H and O–H groups in total. The number of alkyl halides is 1. The molecule has 3 atom stereocenters. The van der Waals surface area contributed by atoms with Crippen molar-refractivity contribution >= 4 is 55.9 Å². The minimum Gasteiger partial charge on any atom is -0.701 e. The van der Waals surface area contributed by atoms with Crippen molar-refractivity contribution < 1.29 is 61.0 Å². The molecule has 0 spiro atoms. The van der Waals surface area contributed by atoms with E-state index in [2.05, 4.69) is 25.6 Å². The van der Waals surface area contributed by atoms with E-state index in [9.17, 15) is 27.8 Å². The molecule has 1 aromatic heterocycles. The molecule has 1 aromatic rings. The van der Waals surface area contributed by atoms with Gasteiger partial charge in [-0.15, -0.1) is 22.9 Å². The van der Waals surface area contributed by atoms with Crippen molar-refractivity contribution in [2.45, 2.75) is 19.0 Å². The molecule has 0 aliphatic carbocycles. The average Bonchev–Trinajstić information content (AvgIpc) is 3.05. The monoisotopic (exact) mass is 463 g/mol. The molecule has 28 heavy (non-hydrogen) atoms. The Morgan fingerprint density at radius 3 is 2.68 bits per heavy atom. The summed E-state index contributed by atoms with van der Waals surface area (Å²) in [5.74, 6) is -1.55. The molecule has 0 saturated carbocycles. The van der Waals surface area contributed by atoms with E-state index >= 15 is 0 Å². The second kappa shape index (κ2) is 9.77. The molecule has 1 fully saturated rings. The topological polar surface area (TPSA) is 173 Å². The SMILES string of the molecule is CON=C(C(=O)NC1C[N+]([O-])(S(=O)(=O)[O-])C1C)c1csc(NC(=O)CCl)n1.[Na+]. The summed E-state index contributed by atoms with van der Waals surface area (Å²) in [6.07, 6.45) is 0. The fourth-order valence-corrected chi connectivity index (χ4v) is 3.99. The van der Waals surface area contributed by atoms with Gasteiger partial charge >= 0.3 is 29.6 Å². The summed E-state index contributed by atoms with van der Waals surface area (Å²) >= 11 is 6.40. The van der Waals surface area contributed by atoms with Crippen LogP contribution in [0.4, 0.5) is 5.13 Å². The number of carbonyl (C=O) groups excluding carboxylic acids is 2. The standard InChI is InChI=1S/C12H16ClN5O7S2.Na/c1-6-7(4-18(6,21)27(22,23)24)14-11(20)10(17-25-2)8-5-26-12(15-8)16-9(19)3-13;/h5-7H,3-4H2,1-2H3,(H,14,20)(H,15,16,19)(H,22,23,24);/q;+1/p-1. The Morgan fingerprint density at radius 2 is 2.18 bits per heavy atom. The fraction of sp³-hybridized carbons (Fsp3) is 0.500. The van der Waals surface area contributed by atoms with E-state index in [1.165, 1.54) is 19.4 Å². The third-order valence-electron chi connectivity index (χ3n) is 3.86. The van der Waals surface area contributed by atoms with E-state index in [1.54, 1.807) is 0 Å². The van der Waals surface area contributed by atoms with E-state index < -0.39 is 44.8 Å². The van der Waals surface area contributed by atoms with Crippen molar-refractivity contribution in [3.05, 3.63) is 16.3 Å². The number of hydroxylamine groups is 2. The molecule has 1 saturated heterocycles. The van der Waals surface area contributed by atoms with Gasteiger partial charge in [0.15, 0.2) is 10.8 Å². The molecule has 1 aliphatic heterocycles. The molecule has 0 radical (unpaired) electrons. The molecule has 2 amide bonds. The number of hydrogen-bond donors (Lipinski definition) is 2. The number of nitrogens with zero attached hydrogens (tertiary/aromatic N) is 3. The minimum absolute atomic E-state index is 0. The van der Waals surface area contributed by atoms with Crippen molar-refractivity contribution in [1.29, 1.82) is 0 Å². The summed E-state index contributed by atoms with van der Waals surface area (Å²) in [6.45, 7) is 0.625. The number of halogens is 1. The third kappa shape index (κ3) is 5.20. The number of quaternary nitrogens is 1. The van der Waals surface area contributed by atoms with E-state index in [0.29, 0.717) is 0 Å². The van der Waals surface area contributed by atoms with Crippen molar-refractivity contribution in [2.24, 2.45) is 5.16 Å². The van der Waals surface area contributed by atoms with Gasteiger partial charge in [0, 0.05) is 5.38 Å². The largest absolute Gasteiger partial charge is 1.00 e. The number of aromatic nitrogens is 1.